The van der Waals surface area contributed by atoms with E-state index in [0.29, 0.717) is 17.5 Å². The Morgan fingerprint density at radius 1 is 1.20 bits per heavy atom. The van der Waals surface area contributed by atoms with Gasteiger partial charge in [-0.15, -0.1) is 0 Å². The fraction of sp³-hybridized carbons (Fsp3) is 0.667. The van der Waals surface area contributed by atoms with Crippen molar-refractivity contribution in [3.63, 3.8) is 0 Å². The summed E-state index contributed by atoms with van der Waals surface area (Å²) in [4.78, 5) is 2.69. The Morgan fingerprint density at radius 3 is 2.50 bits per heavy atom. The third-order valence-electron chi connectivity index (χ3n) is 4.40. The lowest BCUT2D eigenvalue weighted by Crippen LogP contribution is -2.60. The average molecular weight is 274 g/mol. The van der Waals surface area contributed by atoms with Crippen molar-refractivity contribution in [3.05, 3.63) is 35.9 Å². The molecule has 112 valence electrons. The van der Waals surface area contributed by atoms with Gasteiger partial charge in [-0.2, -0.15) is 0 Å². The van der Waals surface area contributed by atoms with Gasteiger partial charge in [0.05, 0.1) is 0 Å². The van der Waals surface area contributed by atoms with Gasteiger partial charge in [0.1, 0.15) is 0 Å². The van der Waals surface area contributed by atoms with Crippen LogP contribution in [0.15, 0.2) is 30.3 Å². The fourth-order valence-electron chi connectivity index (χ4n) is 3.08. The molecule has 0 aliphatic carbocycles. The van der Waals surface area contributed by atoms with Gasteiger partial charge in [-0.3, -0.25) is 4.90 Å². The zero-order chi connectivity index (χ0) is 14.6. The van der Waals surface area contributed by atoms with Crippen molar-refractivity contribution in [2.24, 2.45) is 5.41 Å². The Bertz CT molecular complexity index is 394. The lowest BCUT2D eigenvalue weighted by Gasteiger charge is -2.45. The molecular weight excluding hydrogens is 244 g/mol. The molecule has 0 bridgehead atoms. The first kappa shape index (κ1) is 15.5. The third-order valence-corrected chi connectivity index (χ3v) is 4.40. The largest absolute Gasteiger partial charge is 0.311 e. The second-order valence-electron chi connectivity index (χ2n) is 7.17. The molecule has 0 saturated carbocycles. The minimum Gasteiger partial charge on any atom is -0.311 e. The molecule has 1 aromatic carbocycles. The summed E-state index contributed by atoms with van der Waals surface area (Å²) in [5.41, 5.74) is 1.79. The van der Waals surface area contributed by atoms with Crippen LogP contribution in [0.2, 0.25) is 0 Å². The smallest absolute Gasteiger partial charge is 0.0261 e. The second kappa shape index (κ2) is 6.73. The molecule has 2 heteroatoms. The summed E-state index contributed by atoms with van der Waals surface area (Å²) < 4.78 is 0. The summed E-state index contributed by atoms with van der Waals surface area (Å²) in [7, 11) is 0. The van der Waals surface area contributed by atoms with E-state index in [2.05, 4.69) is 68.2 Å². The highest BCUT2D eigenvalue weighted by Gasteiger charge is 2.33. The monoisotopic (exact) mass is 274 g/mol. The van der Waals surface area contributed by atoms with Gasteiger partial charge < -0.3 is 5.32 Å². The van der Waals surface area contributed by atoms with E-state index in [-0.39, 0.29) is 0 Å². The second-order valence-corrected chi connectivity index (χ2v) is 7.17. The number of nitrogens with one attached hydrogen (secondary N) is 1. The highest BCUT2D eigenvalue weighted by Crippen LogP contribution is 2.24. The van der Waals surface area contributed by atoms with Crippen LogP contribution in [0.1, 0.15) is 39.7 Å². The van der Waals surface area contributed by atoms with Gasteiger partial charge in [-0.25, -0.2) is 0 Å². The molecule has 1 aliphatic rings. The number of hydrogen-bond acceptors (Lipinski definition) is 2. The summed E-state index contributed by atoms with van der Waals surface area (Å²) in [6.45, 7) is 12.8. The Kier molecular flexibility index (Phi) is 5.22. The molecule has 20 heavy (non-hydrogen) atoms. The first-order chi connectivity index (χ1) is 9.50. The van der Waals surface area contributed by atoms with Crippen LogP contribution in [0.25, 0.3) is 0 Å². The van der Waals surface area contributed by atoms with Gasteiger partial charge in [0.25, 0.3) is 0 Å². The zero-order valence-electron chi connectivity index (χ0n) is 13.5. The van der Waals surface area contributed by atoms with Crippen molar-refractivity contribution < 1.29 is 0 Å². The molecule has 0 spiro atoms. The minimum atomic E-state index is 0.337. The lowest BCUT2D eigenvalue weighted by molar-refractivity contribution is 0.0856. The van der Waals surface area contributed by atoms with Gasteiger partial charge in [0.15, 0.2) is 0 Å². The summed E-state index contributed by atoms with van der Waals surface area (Å²) in [6.07, 6.45) is 2.40. The number of hydrogen-bond donors (Lipinski definition) is 1. The van der Waals surface area contributed by atoms with Crippen molar-refractivity contribution in [3.8, 4) is 0 Å². The molecular formula is C18H30N2. The molecule has 0 amide bonds. The van der Waals surface area contributed by atoms with E-state index in [1.54, 1.807) is 0 Å². The van der Waals surface area contributed by atoms with Crippen molar-refractivity contribution in [2.45, 2.75) is 52.6 Å². The van der Waals surface area contributed by atoms with Crippen LogP contribution in [0.5, 0.6) is 0 Å². The van der Waals surface area contributed by atoms with E-state index in [1.165, 1.54) is 25.1 Å². The van der Waals surface area contributed by atoms with E-state index in [4.69, 9.17) is 0 Å². The molecule has 2 unspecified atom stereocenters. The van der Waals surface area contributed by atoms with E-state index < -0.39 is 0 Å². The van der Waals surface area contributed by atoms with Crippen LogP contribution in [0, 0.1) is 5.41 Å². The van der Waals surface area contributed by atoms with Crippen LogP contribution in [0.4, 0.5) is 0 Å². The standard InChI is InChI=1S/C18H30N2/c1-5-11-20-14-17(18(2,3)4)19-13-16(20)12-15-9-7-6-8-10-15/h6-10,16-17,19H,5,11-14H2,1-4H3. The maximum atomic E-state index is 3.78. The van der Waals surface area contributed by atoms with Gasteiger partial charge in [0.2, 0.25) is 0 Å². The molecule has 1 N–H and O–H groups in total. The first-order valence-corrected chi connectivity index (χ1v) is 8.02. The Balaban J connectivity index is 2.02. The molecule has 2 rings (SSSR count). The van der Waals surface area contributed by atoms with Crippen molar-refractivity contribution in [2.75, 3.05) is 19.6 Å². The Labute approximate surface area is 124 Å². The van der Waals surface area contributed by atoms with Crippen LogP contribution in [0.3, 0.4) is 0 Å². The average Bonchev–Trinajstić information content (AvgIpc) is 2.41. The topological polar surface area (TPSA) is 15.3 Å². The molecule has 2 nitrogen and oxygen atoms in total. The number of nitrogens with zero attached hydrogens (tertiary/aromatic N) is 1. The molecule has 1 saturated heterocycles. The summed E-state index contributed by atoms with van der Waals surface area (Å²) >= 11 is 0. The summed E-state index contributed by atoms with van der Waals surface area (Å²) in [6, 6.07) is 12.1. The normalized spacial score (nSPS) is 24.8. The molecule has 2 atom stereocenters. The van der Waals surface area contributed by atoms with Gasteiger partial charge in [-0.1, -0.05) is 58.0 Å². The fourth-order valence-corrected chi connectivity index (χ4v) is 3.08. The van der Waals surface area contributed by atoms with Crippen LogP contribution in [-0.4, -0.2) is 36.6 Å². The maximum Gasteiger partial charge on any atom is 0.0261 e. The first-order valence-electron chi connectivity index (χ1n) is 8.02. The van der Waals surface area contributed by atoms with Crippen LogP contribution in [-0.2, 0) is 6.42 Å². The van der Waals surface area contributed by atoms with Gasteiger partial charge in [0, 0.05) is 25.2 Å². The van der Waals surface area contributed by atoms with Crippen molar-refractivity contribution in [1.82, 2.24) is 10.2 Å². The molecule has 0 radical (unpaired) electrons. The number of rotatable bonds is 4. The minimum absolute atomic E-state index is 0.337. The molecule has 1 aliphatic heterocycles. The molecule has 0 aromatic heterocycles. The Morgan fingerprint density at radius 2 is 1.90 bits per heavy atom. The predicted molar refractivity (Wildman–Crippen MR) is 87.0 cm³/mol. The van der Waals surface area contributed by atoms with Crippen molar-refractivity contribution >= 4 is 0 Å². The Hall–Kier alpha value is -0.860. The lowest BCUT2D eigenvalue weighted by atomic mass is 9.84. The molecule has 1 heterocycles. The quantitative estimate of drug-likeness (QED) is 0.906. The third kappa shape index (κ3) is 4.07. The molecule has 1 fully saturated rings. The van der Waals surface area contributed by atoms with E-state index in [9.17, 15) is 0 Å². The van der Waals surface area contributed by atoms with E-state index in [1.807, 2.05) is 0 Å². The summed E-state index contributed by atoms with van der Waals surface area (Å²) in [5.74, 6) is 0. The van der Waals surface area contributed by atoms with Crippen LogP contribution >= 0.6 is 0 Å². The van der Waals surface area contributed by atoms with E-state index in [0.717, 1.165) is 13.0 Å². The number of benzene rings is 1. The van der Waals surface area contributed by atoms with Crippen LogP contribution < -0.4 is 5.32 Å². The highest BCUT2D eigenvalue weighted by molar-refractivity contribution is 5.16. The maximum absolute atomic E-state index is 3.78. The number of piperazine rings is 1. The predicted octanol–water partition coefficient (Wildman–Crippen LogP) is 3.33. The summed E-state index contributed by atoms with van der Waals surface area (Å²) in [5, 5.41) is 3.78. The van der Waals surface area contributed by atoms with Gasteiger partial charge >= 0.3 is 0 Å². The molecule has 1 aromatic rings. The zero-order valence-corrected chi connectivity index (χ0v) is 13.5. The van der Waals surface area contributed by atoms with E-state index >= 15 is 0 Å². The van der Waals surface area contributed by atoms with Crippen molar-refractivity contribution in [1.29, 1.82) is 0 Å². The SMILES string of the molecule is CCCN1CC(C(C)(C)C)NCC1Cc1ccccc1. The van der Waals surface area contributed by atoms with Gasteiger partial charge in [-0.05, 0) is 30.4 Å². The highest BCUT2D eigenvalue weighted by atomic mass is 15.2.